The van der Waals surface area contributed by atoms with E-state index in [4.69, 9.17) is 0 Å². The monoisotopic (exact) mass is 469 g/mol. The average Bonchev–Trinajstić information content (AvgIpc) is 3.03. The number of benzene rings is 2. The molecule has 8 heteroatoms. The second-order valence-corrected chi connectivity index (χ2v) is 9.30. The zero-order valence-electron chi connectivity index (χ0n) is 15.9. The summed E-state index contributed by atoms with van der Waals surface area (Å²) in [4.78, 5) is 16.6. The van der Waals surface area contributed by atoms with E-state index in [1.54, 1.807) is 6.07 Å². The van der Waals surface area contributed by atoms with Gasteiger partial charge in [-0.15, -0.1) is 0 Å². The van der Waals surface area contributed by atoms with E-state index in [9.17, 15) is 18.0 Å². The van der Waals surface area contributed by atoms with E-state index in [0.717, 1.165) is 41.9 Å². The summed E-state index contributed by atoms with van der Waals surface area (Å²) in [5.74, 6) is 0. The molecule has 3 aromatic rings. The van der Waals surface area contributed by atoms with E-state index in [2.05, 4.69) is 4.90 Å². The Hall–Kier alpha value is -2.02. The molecule has 4 nitrogen and oxygen atoms in total. The first-order chi connectivity index (χ1) is 13.9. The number of hydrogen-bond donors (Lipinski definition) is 0. The number of anilines is 1. The molecule has 1 aliphatic heterocycles. The van der Waals surface area contributed by atoms with E-state index < -0.39 is 11.7 Å². The second-order valence-electron chi connectivity index (χ2n) is 7.22. The fourth-order valence-electron chi connectivity index (χ4n) is 3.79. The molecule has 1 saturated heterocycles. The summed E-state index contributed by atoms with van der Waals surface area (Å²) in [6.45, 7) is 4.63. The van der Waals surface area contributed by atoms with Crippen LogP contribution in [0.3, 0.4) is 0 Å². The average molecular weight is 468 g/mol. The molecule has 0 atom stereocenters. The molecule has 0 amide bonds. The van der Waals surface area contributed by atoms with Gasteiger partial charge in [0.2, 0.25) is 0 Å². The van der Waals surface area contributed by atoms with Gasteiger partial charge in [0, 0.05) is 0 Å². The third-order valence-electron chi connectivity index (χ3n) is 5.34. The number of nitrogens with zero attached hydrogens (tertiary/aromatic N) is 3. The van der Waals surface area contributed by atoms with E-state index in [0.29, 0.717) is 25.3 Å². The van der Waals surface area contributed by atoms with Gasteiger partial charge in [0.1, 0.15) is 0 Å². The molecule has 0 N–H and O–H groups in total. The number of aromatic nitrogens is 1. The molecule has 154 valence electrons. The molecular weight excluding hydrogens is 446 g/mol. The van der Waals surface area contributed by atoms with Crippen LogP contribution in [-0.2, 0) is 12.7 Å². The summed E-state index contributed by atoms with van der Waals surface area (Å²) in [6.07, 6.45) is -3.43. The van der Waals surface area contributed by atoms with E-state index in [1.165, 1.54) is 12.1 Å². The molecule has 0 radical (unpaired) electrons. The molecule has 0 saturated carbocycles. The topological polar surface area (TPSA) is 28.5 Å². The second kappa shape index (κ2) is 8.38. The number of para-hydroxylation sites is 1. The van der Waals surface area contributed by atoms with Crippen molar-refractivity contribution in [2.45, 2.75) is 19.1 Å². The number of aryl methyl sites for hydroxylation is 1. The van der Waals surface area contributed by atoms with Crippen LogP contribution in [0.5, 0.6) is 0 Å². The van der Waals surface area contributed by atoms with Crippen molar-refractivity contribution >= 4 is 30.0 Å². The van der Waals surface area contributed by atoms with Gasteiger partial charge >= 0.3 is 153 Å². The Labute approximate surface area is 172 Å². The Morgan fingerprint density at radius 2 is 1.69 bits per heavy atom. The van der Waals surface area contributed by atoms with Crippen molar-refractivity contribution in [3.63, 3.8) is 0 Å². The molecule has 1 aromatic heterocycles. The standard InChI is InChI=1S/C21H22F3N3OSe/c22-21(23,24)16-5-3-6-17(15-16)26-13-11-25(12-14-26)9-4-10-27-18-7-1-2-8-19(18)29-20(27)28/h1-3,5-8,15H,4,9-14H2. The number of piperazine rings is 1. The summed E-state index contributed by atoms with van der Waals surface area (Å²) >= 11 is -0.118. The summed E-state index contributed by atoms with van der Waals surface area (Å²) < 4.78 is 42.1. The van der Waals surface area contributed by atoms with Crippen molar-refractivity contribution in [3.8, 4) is 0 Å². The first kappa shape index (κ1) is 20.3. The van der Waals surface area contributed by atoms with Gasteiger partial charge in [-0.2, -0.15) is 13.2 Å². The number of alkyl halides is 3. The number of fused-ring (bicyclic) bond motifs is 1. The van der Waals surface area contributed by atoms with Crippen LogP contribution >= 0.6 is 0 Å². The Kier molecular flexibility index (Phi) is 5.86. The minimum atomic E-state index is -4.31. The van der Waals surface area contributed by atoms with Gasteiger partial charge < -0.3 is 0 Å². The van der Waals surface area contributed by atoms with Crippen molar-refractivity contribution in [1.82, 2.24) is 9.47 Å². The van der Waals surface area contributed by atoms with Crippen LogP contribution in [0, 0.1) is 0 Å². The summed E-state index contributed by atoms with van der Waals surface area (Å²) in [5.41, 5.74) is 1.07. The first-order valence-corrected chi connectivity index (χ1v) is 11.4. The Bertz CT molecular complexity index is 1040. The van der Waals surface area contributed by atoms with Gasteiger partial charge in [-0.3, -0.25) is 0 Å². The maximum atomic E-state index is 12.9. The third-order valence-corrected chi connectivity index (χ3v) is 7.36. The molecule has 0 bridgehead atoms. The first-order valence-electron chi connectivity index (χ1n) is 9.65. The van der Waals surface area contributed by atoms with Crippen LogP contribution < -0.4 is 9.33 Å². The molecule has 2 heterocycles. The van der Waals surface area contributed by atoms with Crippen LogP contribution in [0.25, 0.3) is 9.78 Å². The quantitative estimate of drug-likeness (QED) is 0.539. The molecule has 29 heavy (non-hydrogen) atoms. The molecule has 0 spiro atoms. The predicted octanol–water partition coefficient (Wildman–Crippen LogP) is 3.29. The van der Waals surface area contributed by atoms with Crippen molar-refractivity contribution in [2.75, 3.05) is 37.6 Å². The Morgan fingerprint density at radius 3 is 2.45 bits per heavy atom. The van der Waals surface area contributed by atoms with Crippen LogP contribution in [-0.4, -0.2) is 56.7 Å². The normalized spacial score (nSPS) is 15.9. The van der Waals surface area contributed by atoms with Crippen LogP contribution in [0.1, 0.15) is 12.0 Å². The van der Waals surface area contributed by atoms with E-state index in [1.807, 2.05) is 33.7 Å². The van der Waals surface area contributed by atoms with E-state index >= 15 is 0 Å². The molecule has 0 aliphatic carbocycles. The Balaban J connectivity index is 1.30. The molecule has 1 fully saturated rings. The predicted molar refractivity (Wildman–Crippen MR) is 110 cm³/mol. The van der Waals surface area contributed by atoms with Gasteiger partial charge in [0.25, 0.3) is 0 Å². The minimum absolute atomic E-state index is 0.118. The van der Waals surface area contributed by atoms with Gasteiger partial charge in [-0.25, -0.2) is 0 Å². The van der Waals surface area contributed by atoms with Crippen molar-refractivity contribution in [2.24, 2.45) is 0 Å². The van der Waals surface area contributed by atoms with Crippen molar-refractivity contribution in [1.29, 1.82) is 0 Å². The molecule has 2 aromatic carbocycles. The number of rotatable bonds is 5. The molecule has 0 unspecified atom stereocenters. The zero-order valence-corrected chi connectivity index (χ0v) is 17.6. The van der Waals surface area contributed by atoms with Gasteiger partial charge in [-0.05, 0) is 6.07 Å². The Morgan fingerprint density at radius 1 is 0.931 bits per heavy atom. The fraction of sp³-hybridized carbons (Fsp3) is 0.381. The zero-order chi connectivity index (χ0) is 20.4. The maximum absolute atomic E-state index is 12.9. The van der Waals surface area contributed by atoms with Crippen molar-refractivity contribution < 1.29 is 13.2 Å². The van der Waals surface area contributed by atoms with Gasteiger partial charge in [0.05, 0.1) is 0 Å². The SMILES string of the molecule is O=c1[se]c2ccccc2n1CCCN1CCN(c2cccc(C(F)(F)F)c2)CC1. The van der Waals surface area contributed by atoms with Crippen LogP contribution in [0.15, 0.2) is 53.3 Å². The molecule has 1 aliphatic rings. The van der Waals surface area contributed by atoms with Gasteiger partial charge in [-0.1, -0.05) is 0 Å². The third kappa shape index (κ3) is 4.60. The fourth-order valence-corrected chi connectivity index (χ4v) is 5.71. The van der Waals surface area contributed by atoms with Crippen LogP contribution in [0.4, 0.5) is 18.9 Å². The number of halogens is 3. The number of hydrogen-bond acceptors (Lipinski definition) is 3. The molecule has 4 rings (SSSR count). The van der Waals surface area contributed by atoms with Gasteiger partial charge in [0.15, 0.2) is 0 Å². The summed E-state index contributed by atoms with van der Waals surface area (Å²) in [5, 5.41) is 0. The summed E-state index contributed by atoms with van der Waals surface area (Å²) in [7, 11) is 0. The van der Waals surface area contributed by atoms with E-state index in [-0.39, 0.29) is 18.9 Å². The van der Waals surface area contributed by atoms with Crippen LogP contribution in [0.2, 0.25) is 0 Å². The molecular formula is C21H22F3N3OSe. The summed E-state index contributed by atoms with van der Waals surface area (Å²) in [6, 6.07) is 13.5. The van der Waals surface area contributed by atoms with Crippen molar-refractivity contribution in [3.05, 3.63) is 63.3 Å².